The van der Waals surface area contributed by atoms with Gasteiger partial charge in [0.2, 0.25) is 0 Å². The van der Waals surface area contributed by atoms with Gasteiger partial charge in [0, 0.05) is 48.9 Å². The number of carbonyl (C=O) groups is 1. The Morgan fingerprint density at radius 2 is 1.84 bits per heavy atom. The zero-order valence-corrected chi connectivity index (χ0v) is 25.8. The molecule has 1 amide bonds. The van der Waals surface area contributed by atoms with E-state index in [2.05, 4.69) is 45.6 Å². The van der Waals surface area contributed by atoms with Crippen molar-refractivity contribution in [2.24, 2.45) is 18.9 Å². The van der Waals surface area contributed by atoms with Crippen LogP contribution < -0.4 is 10.1 Å². The van der Waals surface area contributed by atoms with Gasteiger partial charge in [0.15, 0.2) is 5.82 Å². The zero-order valence-electron chi connectivity index (χ0n) is 25.8. The molecule has 8 heteroatoms. The molecule has 2 aliphatic rings. The second-order valence-electron chi connectivity index (χ2n) is 12.5. The molecule has 1 atom stereocenters. The third kappa shape index (κ3) is 5.11. The van der Waals surface area contributed by atoms with Gasteiger partial charge >= 0.3 is 0 Å². The number of nitrogens with one attached hydrogen (secondary N) is 1. The SMILES string of the molecule is CC[C@@H]1CCCN(C(=O)c2cc(OC)c3c(c2)nc(-c2cc4cccc(Nc5ccccc5CO)c4n2CC2CC2)n3C)C1. The number of methoxy groups -OCH3 is 1. The van der Waals surface area contributed by atoms with Crippen LogP contribution in [0.15, 0.2) is 60.7 Å². The Morgan fingerprint density at radius 1 is 1.02 bits per heavy atom. The first-order valence-electron chi connectivity index (χ1n) is 15.9. The van der Waals surface area contributed by atoms with Gasteiger partial charge < -0.3 is 29.2 Å². The van der Waals surface area contributed by atoms with Gasteiger partial charge in [-0.25, -0.2) is 4.98 Å². The Hall–Kier alpha value is -4.30. The summed E-state index contributed by atoms with van der Waals surface area (Å²) < 4.78 is 10.4. The van der Waals surface area contributed by atoms with E-state index >= 15 is 0 Å². The Labute approximate surface area is 258 Å². The summed E-state index contributed by atoms with van der Waals surface area (Å²) in [4.78, 5) is 20.8. The first-order valence-corrected chi connectivity index (χ1v) is 15.9. The van der Waals surface area contributed by atoms with E-state index in [1.165, 1.54) is 19.3 Å². The highest BCUT2D eigenvalue weighted by Crippen LogP contribution is 2.40. The number of piperidine rings is 1. The number of hydrogen-bond donors (Lipinski definition) is 2. The van der Waals surface area contributed by atoms with Crippen molar-refractivity contribution in [2.45, 2.75) is 52.2 Å². The highest BCUT2D eigenvalue weighted by atomic mass is 16.5. The van der Waals surface area contributed by atoms with E-state index in [9.17, 15) is 9.90 Å². The van der Waals surface area contributed by atoms with E-state index in [1.807, 2.05) is 48.3 Å². The predicted molar refractivity (Wildman–Crippen MR) is 175 cm³/mol. The number of aliphatic hydroxyl groups excluding tert-OH is 1. The summed E-state index contributed by atoms with van der Waals surface area (Å²) in [6.45, 7) is 4.68. The third-order valence-electron chi connectivity index (χ3n) is 9.53. The van der Waals surface area contributed by atoms with Crippen molar-refractivity contribution in [1.29, 1.82) is 0 Å². The maximum absolute atomic E-state index is 13.7. The van der Waals surface area contributed by atoms with Crippen molar-refractivity contribution < 1.29 is 14.6 Å². The monoisotopic (exact) mass is 591 g/mol. The molecule has 0 unspecified atom stereocenters. The van der Waals surface area contributed by atoms with Crippen LogP contribution in [-0.4, -0.2) is 50.2 Å². The first kappa shape index (κ1) is 28.5. The minimum Gasteiger partial charge on any atom is -0.494 e. The number of nitrogens with zero attached hydrogens (tertiary/aromatic N) is 4. The fraction of sp³-hybridized carbons (Fsp3) is 0.389. The molecule has 0 spiro atoms. The summed E-state index contributed by atoms with van der Waals surface area (Å²) in [6.07, 6.45) is 5.77. The highest BCUT2D eigenvalue weighted by molar-refractivity contribution is 6.01. The number of para-hydroxylation sites is 2. The molecule has 5 aromatic rings. The lowest BCUT2D eigenvalue weighted by Gasteiger charge is -2.32. The van der Waals surface area contributed by atoms with Gasteiger partial charge in [-0.1, -0.05) is 43.7 Å². The fourth-order valence-corrected chi connectivity index (χ4v) is 6.87. The van der Waals surface area contributed by atoms with Crippen molar-refractivity contribution in [3.63, 3.8) is 0 Å². The largest absolute Gasteiger partial charge is 0.494 e. The van der Waals surface area contributed by atoms with E-state index in [1.54, 1.807) is 7.11 Å². The van der Waals surface area contributed by atoms with Crippen LogP contribution in [0.1, 0.15) is 54.9 Å². The van der Waals surface area contributed by atoms with E-state index in [4.69, 9.17) is 9.72 Å². The quantitative estimate of drug-likeness (QED) is 0.191. The number of fused-ring (bicyclic) bond motifs is 2. The molecule has 1 aliphatic heterocycles. The molecular formula is C36H41N5O3. The van der Waals surface area contributed by atoms with Gasteiger partial charge in [-0.3, -0.25) is 4.79 Å². The topological polar surface area (TPSA) is 84.6 Å². The fourth-order valence-electron chi connectivity index (χ4n) is 6.87. The number of aromatic nitrogens is 3. The first-order chi connectivity index (χ1) is 21.5. The smallest absolute Gasteiger partial charge is 0.254 e. The molecule has 8 nitrogen and oxygen atoms in total. The van der Waals surface area contributed by atoms with E-state index < -0.39 is 0 Å². The number of likely N-dealkylation sites (tertiary alicyclic amines) is 1. The average Bonchev–Trinajstić information content (AvgIpc) is 3.72. The van der Waals surface area contributed by atoms with Gasteiger partial charge in [-0.05, 0) is 67.9 Å². The highest BCUT2D eigenvalue weighted by Gasteiger charge is 2.28. The van der Waals surface area contributed by atoms with Crippen LogP contribution in [0.5, 0.6) is 5.75 Å². The standard InChI is InChI=1S/C36H41N5O3/c1-4-23-9-8-16-40(20-23)36(43)27-17-30-34(32(19-27)44-3)39(2)35(38-30)31-18-25-11-7-13-29(33(25)41(31)21-24-14-15-24)37-28-12-6-5-10-26(28)22-42/h5-7,10-13,17-19,23-24,37,42H,4,8-9,14-16,20-22H2,1-3H3/t23-/m1/s1. The second kappa shape index (κ2) is 11.7. The number of hydrogen-bond acceptors (Lipinski definition) is 5. The maximum Gasteiger partial charge on any atom is 0.254 e. The van der Waals surface area contributed by atoms with Crippen molar-refractivity contribution in [2.75, 3.05) is 25.5 Å². The van der Waals surface area contributed by atoms with Gasteiger partial charge in [0.05, 0.1) is 36.1 Å². The molecule has 0 radical (unpaired) electrons. The van der Waals surface area contributed by atoms with Crippen LogP contribution in [0.25, 0.3) is 33.5 Å². The second-order valence-corrected chi connectivity index (χ2v) is 12.5. The van der Waals surface area contributed by atoms with E-state index in [0.717, 1.165) is 82.9 Å². The molecule has 2 N–H and O–H groups in total. The van der Waals surface area contributed by atoms with Crippen molar-refractivity contribution in [3.05, 3.63) is 71.8 Å². The average molecular weight is 592 g/mol. The molecule has 3 aromatic carbocycles. The molecule has 3 heterocycles. The lowest BCUT2D eigenvalue weighted by Crippen LogP contribution is -2.39. The maximum atomic E-state index is 13.7. The van der Waals surface area contributed by atoms with Gasteiger partial charge in [0.1, 0.15) is 11.3 Å². The molecule has 2 fully saturated rings. The predicted octanol–water partition coefficient (Wildman–Crippen LogP) is 7.11. The number of aryl methyl sites for hydroxylation is 1. The molecule has 1 aliphatic carbocycles. The molecular weight excluding hydrogens is 550 g/mol. The Balaban J connectivity index is 1.34. The summed E-state index contributed by atoms with van der Waals surface area (Å²) in [5, 5.41) is 14.7. The summed E-state index contributed by atoms with van der Waals surface area (Å²) in [6, 6.07) is 20.2. The summed E-state index contributed by atoms with van der Waals surface area (Å²) in [7, 11) is 3.69. The molecule has 7 rings (SSSR count). The number of anilines is 2. The third-order valence-corrected chi connectivity index (χ3v) is 9.53. The Morgan fingerprint density at radius 3 is 2.61 bits per heavy atom. The number of rotatable bonds is 9. The van der Waals surface area contributed by atoms with Crippen LogP contribution in [0.2, 0.25) is 0 Å². The summed E-state index contributed by atoms with van der Waals surface area (Å²) >= 11 is 0. The molecule has 1 saturated carbocycles. The number of imidazole rings is 1. The van der Waals surface area contributed by atoms with E-state index in [-0.39, 0.29) is 12.5 Å². The summed E-state index contributed by atoms with van der Waals surface area (Å²) in [5.74, 6) is 2.74. The minimum atomic E-state index is -0.0311. The van der Waals surface area contributed by atoms with Crippen molar-refractivity contribution in [3.8, 4) is 17.3 Å². The number of amides is 1. The number of carbonyl (C=O) groups excluding carboxylic acids is 1. The van der Waals surface area contributed by atoms with Crippen LogP contribution >= 0.6 is 0 Å². The van der Waals surface area contributed by atoms with Gasteiger partial charge in [-0.15, -0.1) is 0 Å². The number of ether oxygens (including phenoxy) is 1. The molecule has 44 heavy (non-hydrogen) atoms. The Bertz CT molecular complexity index is 1850. The van der Waals surface area contributed by atoms with Crippen molar-refractivity contribution >= 4 is 39.2 Å². The Kier molecular flexibility index (Phi) is 7.54. The normalized spacial score (nSPS) is 17.0. The summed E-state index contributed by atoms with van der Waals surface area (Å²) in [5.41, 5.74) is 7.16. The van der Waals surface area contributed by atoms with E-state index in [0.29, 0.717) is 23.1 Å². The van der Waals surface area contributed by atoms with Crippen LogP contribution in [0.3, 0.4) is 0 Å². The van der Waals surface area contributed by atoms with Crippen LogP contribution in [0, 0.1) is 11.8 Å². The van der Waals surface area contributed by atoms with Crippen LogP contribution in [0.4, 0.5) is 11.4 Å². The molecule has 228 valence electrons. The van der Waals surface area contributed by atoms with Crippen LogP contribution in [-0.2, 0) is 20.2 Å². The molecule has 2 aromatic heterocycles. The van der Waals surface area contributed by atoms with Gasteiger partial charge in [-0.2, -0.15) is 0 Å². The van der Waals surface area contributed by atoms with Gasteiger partial charge in [0.25, 0.3) is 5.91 Å². The molecule has 1 saturated heterocycles. The zero-order chi connectivity index (χ0) is 30.4. The lowest BCUT2D eigenvalue weighted by molar-refractivity contribution is 0.0671. The van der Waals surface area contributed by atoms with Crippen molar-refractivity contribution in [1.82, 2.24) is 19.0 Å². The lowest BCUT2D eigenvalue weighted by atomic mass is 9.95. The number of benzene rings is 3. The number of aliphatic hydroxyl groups is 1. The molecule has 0 bridgehead atoms. The minimum absolute atomic E-state index is 0.0311.